The van der Waals surface area contributed by atoms with Gasteiger partial charge in [-0.15, -0.1) is 0 Å². The number of nitrogens with one attached hydrogen (secondary N) is 1. The molecule has 0 aliphatic carbocycles. The van der Waals surface area contributed by atoms with Gasteiger partial charge in [-0.1, -0.05) is 47.7 Å². The molecule has 27 heavy (non-hydrogen) atoms. The number of aromatic nitrogens is 1. The zero-order valence-electron chi connectivity index (χ0n) is 14.5. The molecule has 4 rings (SSSR count). The fourth-order valence-electron chi connectivity index (χ4n) is 2.66. The Balaban J connectivity index is 1.60. The van der Waals surface area contributed by atoms with Gasteiger partial charge in [0, 0.05) is 0 Å². The van der Waals surface area contributed by atoms with Gasteiger partial charge in [0.25, 0.3) is 5.91 Å². The smallest absolute Gasteiger partial charge is 0.261 e. The summed E-state index contributed by atoms with van der Waals surface area (Å²) in [5, 5.41) is 3.37. The molecule has 6 heteroatoms. The number of hydrogen-bond acceptors (Lipinski definition) is 5. The van der Waals surface area contributed by atoms with Gasteiger partial charge >= 0.3 is 0 Å². The third kappa shape index (κ3) is 3.61. The molecule has 1 N–H and O–H groups in total. The number of amides is 1. The Morgan fingerprint density at radius 3 is 2.48 bits per heavy atom. The Kier molecular flexibility index (Phi) is 4.72. The van der Waals surface area contributed by atoms with Crippen LogP contribution in [0.15, 0.2) is 72.8 Å². The zero-order valence-corrected chi connectivity index (χ0v) is 15.3. The van der Waals surface area contributed by atoms with E-state index in [2.05, 4.69) is 10.3 Å². The summed E-state index contributed by atoms with van der Waals surface area (Å²) < 4.78 is 12.1. The molecule has 1 heterocycles. The van der Waals surface area contributed by atoms with Gasteiger partial charge in [0.2, 0.25) is 0 Å². The van der Waals surface area contributed by atoms with Crippen LogP contribution in [-0.2, 0) is 0 Å². The van der Waals surface area contributed by atoms with E-state index in [1.807, 2.05) is 54.6 Å². The van der Waals surface area contributed by atoms with E-state index in [-0.39, 0.29) is 5.91 Å². The third-order valence-corrected chi connectivity index (χ3v) is 4.86. The summed E-state index contributed by atoms with van der Waals surface area (Å²) >= 11 is 1.40. The first kappa shape index (κ1) is 17.1. The van der Waals surface area contributed by atoms with Crippen LogP contribution in [0.1, 0.15) is 10.4 Å². The second kappa shape index (κ2) is 7.47. The lowest BCUT2D eigenvalue weighted by molar-refractivity contribution is 0.102. The fraction of sp³-hybridized carbons (Fsp3) is 0.0476. The minimum atomic E-state index is -0.278. The highest BCUT2D eigenvalue weighted by atomic mass is 32.1. The SMILES string of the molecule is COc1cccc2sc(NC(=O)c3ccccc3Oc3ccccc3)nc12. The monoisotopic (exact) mass is 376 g/mol. The molecule has 0 radical (unpaired) electrons. The fourth-order valence-corrected chi connectivity index (χ4v) is 3.54. The predicted octanol–water partition coefficient (Wildman–Crippen LogP) is 5.35. The zero-order chi connectivity index (χ0) is 18.6. The highest BCUT2D eigenvalue weighted by Crippen LogP contribution is 2.33. The molecule has 3 aromatic carbocycles. The van der Waals surface area contributed by atoms with Crippen molar-refractivity contribution in [1.29, 1.82) is 0 Å². The molecule has 0 aliphatic heterocycles. The molecule has 0 spiro atoms. The van der Waals surface area contributed by atoms with Crippen molar-refractivity contribution in [2.45, 2.75) is 0 Å². The van der Waals surface area contributed by atoms with Crippen molar-refractivity contribution in [1.82, 2.24) is 4.98 Å². The highest BCUT2D eigenvalue weighted by Gasteiger charge is 2.16. The predicted molar refractivity (Wildman–Crippen MR) is 107 cm³/mol. The Hall–Kier alpha value is -3.38. The molecular formula is C21H16N2O3S. The van der Waals surface area contributed by atoms with Crippen LogP contribution in [-0.4, -0.2) is 18.0 Å². The molecule has 0 atom stereocenters. The number of carbonyl (C=O) groups excluding carboxylic acids is 1. The number of benzene rings is 3. The van der Waals surface area contributed by atoms with Crippen LogP contribution < -0.4 is 14.8 Å². The quantitative estimate of drug-likeness (QED) is 0.510. The summed E-state index contributed by atoms with van der Waals surface area (Å²) in [5.74, 6) is 1.55. The lowest BCUT2D eigenvalue weighted by Gasteiger charge is -2.10. The normalized spacial score (nSPS) is 10.6. The lowest BCUT2D eigenvalue weighted by Crippen LogP contribution is -2.12. The first-order chi connectivity index (χ1) is 13.2. The topological polar surface area (TPSA) is 60.5 Å². The van der Waals surface area contributed by atoms with E-state index in [4.69, 9.17) is 9.47 Å². The van der Waals surface area contributed by atoms with E-state index in [1.165, 1.54) is 11.3 Å². The van der Waals surface area contributed by atoms with E-state index < -0.39 is 0 Å². The first-order valence-electron chi connectivity index (χ1n) is 8.31. The summed E-state index contributed by atoms with van der Waals surface area (Å²) in [6, 6.07) is 22.2. The van der Waals surface area contributed by atoms with E-state index >= 15 is 0 Å². The van der Waals surface area contributed by atoms with Crippen LogP contribution in [0.2, 0.25) is 0 Å². The van der Waals surface area contributed by atoms with Crippen LogP contribution in [0.3, 0.4) is 0 Å². The maximum Gasteiger partial charge on any atom is 0.261 e. The molecule has 4 aromatic rings. The molecule has 1 amide bonds. The van der Waals surface area contributed by atoms with Crippen molar-refractivity contribution >= 4 is 32.6 Å². The minimum absolute atomic E-state index is 0.278. The number of anilines is 1. The Labute approximate surface area is 160 Å². The molecule has 0 aliphatic rings. The van der Waals surface area contributed by atoms with E-state index in [9.17, 15) is 4.79 Å². The number of fused-ring (bicyclic) bond motifs is 1. The summed E-state index contributed by atoms with van der Waals surface area (Å²) in [5.41, 5.74) is 1.17. The van der Waals surface area contributed by atoms with E-state index in [1.54, 1.807) is 25.3 Å². The van der Waals surface area contributed by atoms with Gasteiger partial charge in [0.15, 0.2) is 5.13 Å². The molecule has 0 saturated carbocycles. The number of carbonyl (C=O) groups is 1. The Morgan fingerprint density at radius 2 is 1.67 bits per heavy atom. The van der Waals surface area contributed by atoms with Gasteiger partial charge in [-0.05, 0) is 36.4 Å². The van der Waals surface area contributed by atoms with Crippen LogP contribution in [0.4, 0.5) is 5.13 Å². The van der Waals surface area contributed by atoms with Gasteiger partial charge in [0.1, 0.15) is 22.8 Å². The molecule has 0 fully saturated rings. The molecule has 0 bridgehead atoms. The molecular weight excluding hydrogens is 360 g/mol. The van der Waals surface area contributed by atoms with E-state index in [0.29, 0.717) is 27.9 Å². The standard InChI is InChI=1S/C21H16N2O3S/c1-25-17-12-7-13-18-19(17)22-21(27-18)23-20(24)15-10-5-6-11-16(15)26-14-8-3-2-4-9-14/h2-13H,1H3,(H,22,23,24). The van der Waals surface area contributed by atoms with Gasteiger partial charge in [-0.25, -0.2) is 4.98 Å². The second-order valence-electron chi connectivity index (χ2n) is 5.69. The second-order valence-corrected chi connectivity index (χ2v) is 6.72. The van der Waals surface area contributed by atoms with Gasteiger partial charge in [-0.2, -0.15) is 0 Å². The van der Waals surface area contributed by atoms with Crippen molar-refractivity contribution in [3.8, 4) is 17.2 Å². The number of nitrogens with zero attached hydrogens (tertiary/aromatic N) is 1. The van der Waals surface area contributed by atoms with Crippen LogP contribution in [0, 0.1) is 0 Å². The summed E-state index contributed by atoms with van der Waals surface area (Å²) in [6.45, 7) is 0. The number of methoxy groups -OCH3 is 1. The van der Waals surface area contributed by atoms with Crippen LogP contribution >= 0.6 is 11.3 Å². The van der Waals surface area contributed by atoms with Crippen molar-refractivity contribution in [2.24, 2.45) is 0 Å². The van der Waals surface area contributed by atoms with Crippen molar-refractivity contribution in [3.63, 3.8) is 0 Å². The Morgan fingerprint density at radius 1 is 0.926 bits per heavy atom. The van der Waals surface area contributed by atoms with Crippen molar-refractivity contribution in [3.05, 3.63) is 78.4 Å². The summed E-state index contributed by atoms with van der Waals surface area (Å²) in [4.78, 5) is 17.3. The molecule has 0 unspecified atom stereocenters. The van der Waals surface area contributed by atoms with Gasteiger partial charge in [-0.3, -0.25) is 10.1 Å². The lowest BCUT2D eigenvalue weighted by atomic mass is 10.2. The maximum atomic E-state index is 12.8. The van der Waals surface area contributed by atoms with Crippen LogP contribution in [0.25, 0.3) is 10.2 Å². The highest BCUT2D eigenvalue weighted by molar-refractivity contribution is 7.22. The van der Waals surface area contributed by atoms with Gasteiger partial charge in [0.05, 0.1) is 17.4 Å². The molecule has 0 saturated heterocycles. The number of ether oxygens (including phenoxy) is 2. The Bertz CT molecular complexity index is 1090. The average Bonchev–Trinajstić information content (AvgIpc) is 3.11. The summed E-state index contributed by atoms with van der Waals surface area (Å²) in [6.07, 6.45) is 0. The molecule has 1 aromatic heterocycles. The maximum absolute atomic E-state index is 12.8. The number of hydrogen-bond donors (Lipinski definition) is 1. The number of rotatable bonds is 5. The minimum Gasteiger partial charge on any atom is -0.494 e. The first-order valence-corrected chi connectivity index (χ1v) is 9.13. The van der Waals surface area contributed by atoms with E-state index in [0.717, 1.165) is 10.2 Å². The van der Waals surface area contributed by atoms with Crippen molar-refractivity contribution in [2.75, 3.05) is 12.4 Å². The molecule has 134 valence electrons. The summed E-state index contributed by atoms with van der Waals surface area (Å²) in [7, 11) is 1.60. The largest absolute Gasteiger partial charge is 0.494 e. The number of thiazole rings is 1. The van der Waals surface area contributed by atoms with Crippen molar-refractivity contribution < 1.29 is 14.3 Å². The van der Waals surface area contributed by atoms with Crippen LogP contribution in [0.5, 0.6) is 17.2 Å². The van der Waals surface area contributed by atoms with Gasteiger partial charge < -0.3 is 9.47 Å². The third-order valence-electron chi connectivity index (χ3n) is 3.93. The molecule has 5 nitrogen and oxygen atoms in total. The average molecular weight is 376 g/mol. The number of para-hydroxylation sites is 3.